The summed E-state index contributed by atoms with van der Waals surface area (Å²) in [6.07, 6.45) is 2.57. The minimum absolute atomic E-state index is 0.280. The molecular formula is C21H21N5O. The zero-order valence-corrected chi connectivity index (χ0v) is 15.8. The molecule has 0 aliphatic heterocycles. The molecule has 2 heterocycles. The van der Waals surface area contributed by atoms with Crippen LogP contribution < -0.4 is 5.32 Å². The summed E-state index contributed by atoms with van der Waals surface area (Å²) in [6.45, 7) is 8.12. The van der Waals surface area contributed by atoms with E-state index >= 15 is 0 Å². The van der Waals surface area contributed by atoms with Crippen molar-refractivity contribution in [3.05, 3.63) is 52.5 Å². The van der Waals surface area contributed by atoms with Gasteiger partial charge in [0.25, 0.3) is 5.91 Å². The number of nitrogens with zero attached hydrogens (tertiary/aromatic N) is 3. The molecule has 3 aromatic rings. The van der Waals surface area contributed by atoms with Crippen LogP contribution in [0.5, 0.6) is 0 Å². The van der Waals surface area contributed by atoms with Crippen molar-refractivity contribution in [1.29, 1.82) is 5.26 Å². The van der Waals surface area contributed by atoms with E-state index in [2.05, 4.69) is 40.4 Å². The van der Waals surface area contributed by atoms with E-state index in [1.165, 1.54) is 6.20 Å². The first-order valence-electron chi connectivity index (χ1n) is 8.97. The Labute approximate surface area is 157 Å². The fourth-order valence-corrected chi connectivity index (χ4v) is 3.55. The van der Waals surface area contributed by atoms with E-state index in [9.17, 15) is 4.79 Å². The number of rotatable bonds is 3. The fourth-order valence-electron chi connectivity index (χ4n) is 3.55. The third kappa shape index (κ3) is 2.85. The van der Waals surface area contributed by atoms with Crippen molar-refractivity contribution < 1.29 is 4.79 Å². The Morgan fingerprint density at radius 3 is 2.74 bits per heavy atom. The highest BCUT2D eigenvalue weighted by atomic mass is 16.1. The van der Waals surface area contributed by atoms with Gasteiger partial charge in [0, 0.05) is 23.2 Å². The summed E-state index contributed by atoms with van der Waals surface area (Å²) in [5.41, 5.74) is 5.34. The number of amides is 1. The lowest BCUT2D eigenvalue weighted by Crippen LogP contribution is -2.16. The summed E-state index contributed by atoms with van der Waals surface area (Å²) in [4.78, 5) is 16.9. The summed E-state index contributed by atoms with van der Waals surface area (Å²) >= 11 is 0. The Morgan fingerprint density at radius 1 is 1.33 bits per heavy atom. The van der Waals surface area contributed by atoms with Crippen molar-refractivity contribution in [2.24, 2.45) is 5.41 Å². The molecule has 0 saturated heterocycles. The molecule has 1 unspecified atom stereocenters. The number of benzene rings is 1. The molecule has 1 fully saturated rings. The molecule has 6 nitrogen and oxygen atoms in total. The van der Waals surface area contributed by atoms with Crippen molar-refractivity contribution >= 4 is 22.5 Å². The number of nitriles is 1. The molecule has 1 atom stereocenters. The fraction of sp³-hybridized carbons (Fsp3) is 0.333. The third-order valence-electron chi connectivity index (χ3n) is 5.67. The maximum absolute atomic E-state index is 12.7. The smallest absolute Gasteiger partial charge is 0.274 e. The number of fused-ring (bicyclic) bond motifs is 1. The number of anilines is 1. The van der Waals surface area contributed by atoms with Crippen molar-refractivity contribution in [1.82, 2.24) is 15.2 Å². The molecule has 1 aliphatic rings. The van der Waals surface area contributed by atoms with Crippen LogP contribution in [0, 0.1) is 30.6 Å². The lowest BCUT2D eigenvalue weighted by Gasteiger charge is -2.10. The van der Waals surface area contributed by atoms with Crippen LogP contribution >= 0.6 is 0 Å². The Balaban J connectivity index is 1.64. The molecule has 1 aromatic carbocycles. The summed E-state index contributed by atoms with van der Waals surface area (Å²) in [7, 11) is 0. The van der Waals surface area contributed by atoms with Gasteiger partial charge in [-0.15, -0.1) is 0 Å². The van der Waals surface area contributed by atoms with Gasteiger partial charge in [0.15, 0.2) is 0 Å². The summed E-state index contributed by atoms with van der Waals surface area (Å²) < 4.78 is 0. The average molecular weight is 359 g/mol. The van der Waals surface area contributed by atoms with Crippen molar-refractivity contribution in [3.8, 4) is 6.07 Å². The summed E-state index contributed by atoms with van der Waals surface area (Å²) in [5, 5.41) is 20.7. The highest BCUT2D eigenvalue weighted by Gasteiger charge is 2.48. The van der Waals surface area contributed by atoms with E-state index in [0.717, 1.165) is 34.1 Å². The van der Waals surface area contributed by atoms with Crippen LogP contribution in [-0.2, 0) is 0 Å². The lowest BCUT2D eigenvalue weighted by molar-refractivity contribution is 0.102. The van der Waals surface area contributed by atoms with E-state index in [4.69, 9.17) is 5.26 Å². The van der Waals surface area contributed by atoms with Gasteiger partial charge in [-0.1, -0.05) is 13.8 Å². The lowest BCUT2D eigenvalue weighted by atomic mass is 10.0. The van der Waals surface area contributed by atoms with Gasteiger partial charge in [-0.2, -0.15) is 10.4 Å². The number of nitrogens with one attached hydrogen (secondary N) is 2. The van der Waals surface area contributed by atoms with Gasteiger partial charge in [-0.05, 0) is 55.0 Å². The standard InChI is InChI=1S/C21H21N5O/c1-11-12(2)18(23-10-13(11)9-22)20(27)24-14-5-6-17-15(7-14)19(26-25-17)16-8-21(16,3)4/h5-7,10,16H,8H2,1-4H3,(H,24,27)(H,25,26). The van der Waals surface area contributed by atoms with Crippen LogP contribution in [0.15, 0.2) is 24.4 Å². The van der Waals surface area contributed by atoms with Crippen LogP contribution in [-0.4, -0.2) is 21.1 Å². The molecule has 0 spiro atoms. The number of aromatic amines is 1. The molecule has 1 aliphatic carbocycles. The van der Waals surface area contributed by atoms with Crippen LogP contribution in [0.2, 0.25) is 0 Å². The Bertz CT molecular complexity index is 1120. The SMILES string of the molecule is Cc1c(C#N)cnc(C(=O)Nc2ccc3[nH]nc(C4CC4(C)C)c3c2)c1C. The second-order valence-electron chi connectivity index (χ2n) is 7.95. The van der Waals surface area contributed by atoms with Gasteiger partial charge in [-0.25, -0.2) is 4.98 Å². The number of carbonyl (C=O) groups excluding carboxylic acids is 1. The normalized spacial score (nSPS) is 17.5. The predicted octanol–water partition coefficient (Wildman–Crippen LogP) is 4.21. The van der Waals surface area contributed by atoms with Crippen LogP contribution in [0.25, 0.3) is 10.9 Å². The zero-order valence-electron chi connectivity index (χ0n) is 15.8. The number of carbonyl (C=O) groups is 1. The highest BCUT2D eigenvalue weighted by Crippen LogP contribution is 2.59. The molecule has 4 rings (SSSR count). The molecule has 6 heteroatoms. The average Bonchev–Trinajstić information content (AvgIpc) is 3.08. The topological polar surface area (TPSA) is 94.5 Å². The largest absolute Gasteiger partial charge is 0.321 e. The maximum atomic E-state index is 12.7. The number of aromatic nitrogens is 3. The number of H-pyrrole nitrogens is 1. The molecule has 1 saturated carbocycles. The highest BCUT2D eigenvalue weighted by molar-refractivity contribution is 6.05. The Morgan fingerprint density at radius 2 is 2.07 bits per heavy atom. The quantitative estimate of drug-likeness (QED) is 0.732. The second kappa shape index (κ2) is 5.92. The van der Waals surface area contributed by atoms with Crippen molar-refractivity contribution in [3.63, 3.8) is 0 Å². The number of hydrogen-bond acceptors (Lipinski definition) is 4. The first-order valence-corrected chi connectivity index (χ1v) is 8.97. The van der Waals surface area contributed by atoms with Crippen LogP contribution in [0.1, 0.15) is 59.1 Å². The van der Waals surface area contributed by atoms with E-state index in [1.54, 1.807) is 0 Å². The van der Waals surface area contributed by atoms with E-state index in [1.807, 2.05) is 32.0 Å². The maximum Gasteiger partial charge on any atom is 0.274 e. The Hall–Kier alpha value is -3.20. The first-order chi connectivity index (χ1) is 12.8. The molecular weight excluding hydrogens is 338 g/mol. The van der Waals surface area contributed by atoms with Gasteiger partial charge in [-0.3, -0.25) is 9.89 Å². The molecule has 2 aromatic heterocycles. The number of hydrogen-bond donors (Lipinski definition) is 2. The van der Waals surface area contributed by atoms with E-state index < -0.39 is 0 Å². The van der Waals surface area contributed by atoms with Crippen LogP contribution in [0.4, 0.5) is 5.69 Å². The van der Waals surface area contributed by atoms with Crippen molar-refractivity contribution in [2.45, 2.75) is 40.0 Å². The van der Waals surface area contributed by atoms with Gasteiger partial charge in [0.2, 0.25) is 0 Å². The third-order valence-corrected chi connectivity index (χ3v) is 5.67. The molecule has 136 valence electrons. The van der Waals surface area contributed by atoms with Gasteiger partial charge in [0.1, 0.15) is 11.8 Å². The monoisotopic (exact) mass is 359 g/mol. The number of pyridine rings is 1. The van der Waals surface area contributed by atoms with Gasteiger partial charge >= 0.3 is 0 Å². The van der Waals surface area contributed by atoms with Crippen molar-refractivity contribution in [2.75, 3.05) is 5.32 Å². The molecule has 27 heavy (non-hydrogen) atoms. The minimum atomic E-state index is -0.281. The zero-order chi connectivity index (χ0) is 19.3. The minimum Gasteiger partial charge on any atom is -0.321 e. The molecule has 0 radical (unpaired) electrons. The van der Waals surface area contributed by atoms with E-state index in [-0.39, 0.29) is 11.3 Å². The second-order valence-corrected chi connectivity index (χ2v) is 7.95. The molecule has 2 N–H and O–H groups in total. The summed E-state index contributed by atoms with van der Waals surface area (Å²) in [6, 6.07) is 7.84. The van der Waals surface area contributed by atoms with Gasteiger partial charge in [0.05, 0.1) is 16.8 Å². The van der Waals surface area contributed by atoms with Gasteiger partial charge < -0.3 is 5.32 Å². The molecule has 0 bridgehead atoms. The Kier molecular flexibility index (Phi) is 3.77. The summed E-state index contributed by atoms with van der Waals surface area (Å²) in [5.74, 6) is 0.165. The molecule has 1 amide bonds. The first kappa shape index (κ1) is 17.2. The van der Waals surface area contributed by atoms with E-state index in [0.29, 0.717) is 22.9 Å². The predicted molar refractivity (Wildman–Crippen MR) is 104 cm³/mol. The van der Waals surface area contributed by atoms with Crippen LogP contribution in [0.3, 0.4) is 0 Å².